The number of carbonyl (C=O) groups is 3. The summed E-state index contributed by atoms with van der Waals surface area (Å²) in [5, 5.41) is 0.452. The minimum atomic E-state index is -1.09. The molecule has 0 atom stereocenters. The first-order chi connectivity index (χ1) is 13.6. The largest absolute Gasteiger partial charge is 0.533 e. The van der Waals surface area contributed by atoms with Crippen molar-refractivity contribution in [2.24, 2.45) is 5.73 Å². The molecule has 0 aromatic carbocycles. The summed E-state index contributed by atoms with van der Waals surface area (Å²) in [6.07, 6.45) is 0.0746. The van der Waals surface area contributed by atoms with Crippen molar-refractivity contribution in [3.05, 3.63) is 0 Å². The summed E-state index contributed by atoms with van der Waals surface area (Å²) in [5.74, 6) is -1.10. The van der Waals surface area contributed by atoms with Crippen LogP contribution in [0.15, 0.2) is 0 Å². The van der Waals surface area contributed by atoms with Gasteiger partial charge >= 0.3 is 6.16 Å². The first-order valence-electron chi connectivity index (χ1n) is 9.82. The number of hydrogen-bond acceptors (Lipinski definition) is 9. The van der Waals surface area contributed by atoms with Gasteiger partial charge in [0, 0.05) is 25.8 Å². The zero-order valence-electron chi connectivity index (χ0n) is 17.9. The van der Waals surface area contributed by atoms with Gasteiger partial charge in [0.2, 0.25) is 0 Å². The highest BCUT2D eigenvalue weighted by atomic mass is 16.8. The van der Waals surface area contributed by atoms with Gasteiger partial charge in [-0.05, 0) is 34.1 Å². The van der Waals surface area contributed by atoms with E-state index in [9.17, 15) is 14.4 Å². The smallest absolute Gasteiger partial charge is 0.433 e. The third-order valence-electron chi connectivity index (χ3n) is 4.28. The van der Waals surface area contributed by atoms with Crippen molar-refractivity contribution in [3.8, 4) is 0 Å². The second kappa shape index (κ2) is 12.1. The molecule has 0 radical (unpaired) electrons. The first-order valence-corrected chi connectivity index (χ1v) is 9.82. The molecule has 1 rings (SSSR count). The number of hydrogen-bond donors (Lipinski definition) is 1. The Balaban J connectivity index is 2.20. The van der Waals surface area contributed by atoms with E-state index in [2.05, 4.69) is 4.84 Å². The van der Waals surface area contributed by atoms with Crippen LogP contribution in [0.4, 0.5) is 4.79 Å². The third kappa shape index (κ3) is 10.6. The molecule has 1 aliphatic heterocycles. The second-order valence-corrected chi connectivity index (χ2v) is 7.89. The number of ether oxygens (including phenoxy) is 4. The molecule has 0 bridgehead atoms. The first kappa shape index (κ1) is 25.3. The Morgan fingerprint density at radius 3 is 2.03 bits per heavy atom. The molecule has 0 aromatic heterocycles. The molecule has 0 aliphatic carbocycles. The van der Waals surface area contributed by atoms with Crippen molar-refractivity contribution < 1.29 is 38.2 Å². The van der Waals surface area contributed by atoms with Gasteiger partial charge in [-0.15, -0.1) is 0 Å². The van der Waals surface area contributed by atoms with Crippen molar-refractivity contribution in [2.75, 3.05) is 39.6 Å². The van der Waals surface area contributed by atoms with Crippen LogP contribution in [0, 0.1) is 0 Å². The normalized spacial score (nSPS) is 15.1. The van der Waals surface area contributed by atoms with Gasteiger partial charge in [0.15, 0.2) is 0 Å². The average molecular weight is 418 g/mol. The van der Waals surface area contributed by atoms with Crippen molar-refractivity contribution in [2.45, 2.75) is 64.6 Å². The molecule has 1 saturated heterocycles. The molecule has 10 heteroatoms. The fourth-order valence-electron chi connectivity index (χ4n) is 2.42. The van der Waals surface area contributed by atoms with E-state index in [0.29, 0.717) is 50.9 Å². The maximum Gasteiger partial charge on any atom is 0.533 e. The molecule has 1 aliphatic rings. The Kier molecular flexibility index (Phi) is 10.5. The summed E-state index contributed by atoms with van der Waals surface area (Å²) >= 11 is 0. The Labute approximate surface area is 171 Å². The van der Waals surface area contributed by atoms with Crippen molar-refractivity contribution in [3.63, 3.8) is 0 Å². The number of amides is 2. The topological polar surface area (TPSA) is 127 Å². The van der Waals surface area contributed by atoms with Gasteiger partial charge in [-0.3, -0.25) is 14.4 Å². The highest BCUT2D eigenvalue weighted by molar-refractivity contribution is 6.01. The van der Waals surface area contributed by atoms with Gasteiger partial charge < -0.3 is 24.7 Å². The maximum atomic E-state index is 11.6. The van der Waals surface area contributed by atoms with Crippen LogP contribution in [0.2, 0.25) is 0 Å². The fraction of sp³-hybridized carbons (Fsp3) is 0.842. The molecule has 2 N–H and O–H groups in total. The van der Waals surface area contributed by atoms with E-state index >= 15 is 0 Å². The van der Waals surface area contributed by atoms with E-state index in [4.69, 9.17) is 24.7 Å². The molecule has 10 nitrogen and oxygen atoms in total. The number of carbonyl (C=O) groups excluding carboxylic acids is 3. The molecule has 2 amide bonds. The zero-order valence-corrected chi connectivity index (χ0v) is 17.9. The van der Waals surface area contributed by atoms with Gasteiger partial charge in [-0.25, -0.2) is 4.79 Å². The Morgan fingerprint density at radius 1 is 0.897 bits per heavy atom. The lowest BCUT2D eigenvalue weighted by Gasteiger charge is -2.29. The van der Waals surface area contributed by atoms with Crippen LogP contribution in [0.1, 0.15) is 53.4 Å². The lowest BCUT2D eigenvalue weighted by molar-refractivity contribution is -0.177. The van der Waals surface area contributed by atoms with Gasteiger partial charge in [0.05, 0.1) is 44.2 Å². The van der Waals surface area contributed by atoms with Crippen LogP contribution in [0.3, 0.4) is 0 Å². The molecule has 0 aromatic rings. The highest BCUT2D eigenvalue weighted by Crippen LogP contribution is 2.20. The predicted molar refractivity (Wildman–Crippen MR) is 103 cm³/mol. The standard InChI is InChI=1S/C19H34N2O8/c1-18(2,27-11-8-19(3,4)28-14-13-25-12-9-20)7-10-26-17(24)29-21-15(22)5-6-16(21)23/h5-14,20H2,1-4H3. The van der Waals surface area contributed by atoms with E-state index < -0.39 is 23.6 Å². The molecular weight excluding hydrogens is 384 g/mol. The van der Waals surface area contributed by atoms with E-state index in [1.165, 1.54) is 0 Å². The van der Waals surface area contributed by atoms with Gasteiger partial charge in [-0.1, -0.05) is 5.06 Å². The molecule has 1 heterocycles. The number of nitrogens with zero attached hydrogens (tertiary/aromatic N) is 1. The third-order valence-corrected chi connectivity index (χ3v) is 4.28. The lowest BCUT2D eigenvalue weighted by Crippen LogP contribution is -2.34. The lowest BCUT2D eigenvalue weighted by atomic mass is 10.0. The van der Waals surface area contributed by atoms with Crippen LogP contribution in [-0.4, -0.2) is 73.8 Å². The quantitative estimate of drug-likeness (QED) is 0.254. The minimum absolute atomic E-state index is 0.0282. The summed E-state index contributed by atoms with van der Waals surface area (Å²) < 4.78 is 21.9. The van der Waals surface area contributed by atoms with Crippen molar-refractivity contribution in [1.29, 1.82) is 0 Å². The van der Waals surface area contributed by atoms with Crippen LogP contribution in [-0.2, 0) is 33.4 Å². The van der Waals surface area contributed by atoms with E-state index in [-0.39, 0.29) is 25.0 Å². The molecule has 0 saturated carbocycles. The molecule has 0 spiro atoms. The van der Waals surface area contributed by atoms with E-state index in [1.807, 2.05) is 27.7 Å². The van der Waals surface area contributed by atoms with Crippen LogP contribution in [0.5, 0.6) is 0 Å². The number of nitrogens with two attached hydrogens (primary N) is 1. The Hall–Kier alpha value is -1.75. The summed E-state index contributed by atoms with van der Waals surface area (Å²) in [7, 11) is 0. The van der Waals surface area contributed by atoms with Crippen LogP contribution in [0.25, 0.3) is 0 Å². The minimum Gasteiger partial charge on any atom is -0.433 e. The Morgan fingerprint density at radius 2 is 1.45 bits per heavy atom. The number of imide groups is 1. The summed E-state index contributed by atoms with van der Waals surface area (Å²) in [6, 6.07) is 0. The zero-order chi connectivity index (χ0) is 21.9. The van der Waals surface area contributed by atoms with Crippen LogP contribution >= 0.6 is 0 Å². The molecule has 29 heavy (non-hydrogen) atoms. The number of hydroxylamine groups is 2. The maximum absolute atomic E-state index is 11.6. The van der Waals surface area contributed by atoms with Gasteiger partial charge in [0.25, 0.3) is 11.8 Å². The Bertz CT molecular complexity index is 534. The second-order valence-electron chi connectivity index (χ2n) is 7.89. The fourth-order valence-corrected chi connectivity index (χ4v) is 2.42. The molecule has 168 valence electrons. The van der Waals surface area contributed by atoms with E-state index in [0.717, 1.165) is 0 Å². The average Bonchev–Trinajstić information content (AvgIpc) is 2.93. The number of rotatable bonds is 14. The summed E-state index contributed by atoms with van der Waals surface area (Å²) in [4.78, 5) is 39.0. The summed E-state index contributed by atoms with van der Waals surface area (Å²) in [6.45, 7) is 10.2. The van der Waals surface area contributed by atoms with Crippen molar-refractivity contribution in [1.82, 2.24) is 5.06 Å². The van der Waals surface area contributed by atoms with Gasteiger partial charge in [-0.2, -0.15) is 0 Å². The predicted octanol–water partition coefficient (Wildman–Crippen LogP) is 1.55. The van der Waals surface area contributed by atoms with Crippen LogP contribution < -0.4 is 5.73 Å². The van der Waals surface area contributed by atoms with Crippen molar-refractivity contribution >= 4 is 18.0 Å². The highest BCUT2D eigenvalue weighted by Gasteiger charge is 2.33. The summed E-state index contributed by atoms with van der Waals surface area (Å²) in [5.41, 5.74) is 4.45. The SMILES string of the molecule is CC(C)(CCOC(=O)ON1C(=O)CCC1=O)OCCC(C)(C)OCCOCCN. The monoisotopic (exact) mass is 418 g/mol. The van der Waals surface area contributed by atoms with Gasteiger partial charge in [0.1, 0.15) is 0 Å². The van der Waals surface area contributed by atoms with E-state index in [1.54, 1.807) is 0 Å². The molecular formula is C19H34N2O8. The molecule has 1 fully saturated rings. The molecule has 0 unspecified atom stereocenters.